The van der Waals surface area contributed by atoms with E-state index in [0.717, 1.165) is 48.4 Å². The number of likely N-dealkylation sites (N-methyl/N-ethyl adjacent to an activating group) is 1. The van der Waals surface area contributed by atoms with Crippen molar-refractivity contribution in [1.82, 2.24) is 9.88 Å². The highest BCUT2D eigenvalue weighted by molar-refractivity contribution is 5.90. The molecule has 1 aromatic heterocycles. The number of anilines is 1. The first-order valence-corrected chi connectivity index (χ1v) is 9.89. The highest BCUT2D eigenvalue weighted by Gasteiger charge is 2.13. The lowest BCUT2D eigenvalue weighted by Gasteiger charge is -2.34. The van der Waals surface area contributed by atoms with Crippen LogP contribution in [0.2, 0.25) is 0 Å². The van der Waals surface area contributed by atoms with Gasteiger partial charge >= 0.3 is 0 Å². The number of hydrogen-bond acceptors (Lipinski definition) is 4. The van der Waals surface area contributed by atoms with Crippen LogP contribution in [0.3, 0.4) is 0 Å². The number of nitrogens with zero attached hydrogens (tertiary/aromatic N) is 4. The highest BCUT2D eigenvalue weighted by Crippen LogP contribution is 2.24. The number of hydrogen-bond donors (Lipinski definition) is 0. The first kappa shape index (κ1) is 26.5. The highest BCUT2D eigenvalue weighted by atomic mass is 16.0. The second-order valence-electron chi connectivity index (χ2n) is 7.36. The standard InChI is InChI=1S/C25H24N4.3H2O/c1-28-14-16-29(17-15-28)25-8-2-20(3-9-25)18-24(19-26)22-6-4-21(5-7-22)23-10-12-27-13-11-23;;;/h2-13,18H,14-17H2,1H3;3*1H2/b24-18+;;;. The van der Waals surface area contributed by atoms with Crippen LogP contribution in [0.5, 0.6) is 0 Å². The minimum atomic E-state index is 0. The third-order valence-corrected chi connectivity index (χ3v) is 5.40. The summed E-state index contributed by atoms with van der Waals surface area (Å²) in [5, 5.41) is 9.67. The zero-order valence-corrected chi connectivity index (χ0v) is 18.1. The number of rotatable bonds is 4. The molecule has 0 amide bonds. The van der Waals surface area contributed by atoms with E-state index in [-0.39, 0.29) is 16.4 Å². The summed E-state index contributed by atoms with van der Waals surface area (Å²) < 4.78 is 0. The van der Waals surface area contributed by atoms with Crippen molar-refractivity contribution in [3.8, 4) is 17.2 Å². The molecule has 1 saturated heterocycles. The molecule has 1 fully saturated rings. The fourth-order valence-corrected chi connectivity index (χ4v) is 3.58. The van der Waals surface area contributed by atoms with Crippen LogP contribution in [-0.4, -0.2) is 59.5 Å². The van der Waals surface area contributed by atoms with E-state index in [0.29, 0.717) is 5.57 Å². The Hall–Kier alpha value is -3.54. The molecule has 7 nitrogen and oxygen atoms in total. The Morgan fingerprint density at radius 3 is 1.94 bits per heavy atom. The van der Waals surface area contributed by atoms with E-state index < -0.39 is 0 Å². The van der Waals surface area contributed by atoms with Gasteiger partial charge in [0.05, 0.1) is 11.6 Å². The SMILES string of the molecule is CN1CCN(c2ccc(/C=C(\C#N)c3ccc(-c4ccncc4)cc3)cc2)CC1.O.O.O. The van der Waals surface area contributed by atoms with Crippen molar-refractivity contribution in [2.75, 3.05) is 38.1 Å². The van der Waals surface area contributed by atoms with Gasteiger partial charge in [0.1, 0.15) is 0 Å². The Morgan fingerprint density at radius 2 is 1.38 bits per heavy atom. The Bertz CT molecular complexity index is 1020. The Morgan fingerprint density at radius 1 is 0.812 bits per heavy atom. The average Bonchev–Trinajstić information content (AvgIpc) is 2.79. The van der Waals surface area contributed by atoms with Gasteiger partial charge in [0.15, 0.2) is 0 Å². The van der Waals surface area contributed by atoms with Gasteiger partial charge in [-0.3, -0.25) is 4.98 Å². The summed E-state index contributed by atoms with van der Waals surface area (Å²) in [5.41, 5.74) is 6.11. The first-order chi connectivity index (χ1) is 14.2. The largest absolute Gasteiger partial charge is 0.412 e. The lowest BCUT2D eigenvalue weighted by molar-refractivity contribution is 0.313. The molecule has 1 aliphatic heterocycles. The summed E-state index contributed by atoms with van der Waals surface area (Å²) in [5.74, 6) is 0. The minimum Gasteiger partial charge on any atom is -0.412 e. The van der Waals surface area contributed by atoms with Gasteiger partial charge in [-0.05, 0) is 59.6 Å². The zero-order chi connectivity index (χ0) is 20.1. The van der Waals surface area contributed by atoms with E-state index in [9.17, 15) is 5.26 Å². The number of piperazine rings is 1. The number of pyridine rings is 1. The smallest absolute Gasteiger partial charge is 0.0998 e. The molecule has 2 aromatic carbocycles. The Kier molecular flexibility index (Phi) is 10.2. The van der Waals surface area contributed by atoms with E-state index in [4.69, 9.17) is 0 Å². The van der Waals surface area contributed by atoms with Crippen LogP contribution < -0.4 is 4.90 Å². The van der Waals surface area contributed by atoms with E-state index in [1.807, 2.05) is 42.5 Å². The molecular weight excluding hydrogens is 404 g/mol. The lowest BCUT2D eigenvalue weighted by Crippen LogP contribution is -2.44. The summed E-state index contributed by atoms with van der Waals surface area (Å²) >= 11 is 0. The summed E-state index contributed by atoms with van der Waals surface area (Å²) in [7, 11) is 2.16. The third-order valence-electron chi connectivity index (χ3n) is 5.40. The van der Waals surface area contributed by atoms with Crippen molar-refractivity contribution < 1.29 is 16.4 Å². The van der Waals surface area contributed by atoms with Gasteiger partial charge in [-0.1, -0.05) is 36.4 Å². The molecule has 32 heavy (non-hydrogen) atoms. The van der Waals surface area contributed by atoms with Crippen molar-refractivity contribution in [3.05, 3.63) is 84.2 Å². The molecule has 1 aliphatic rings. The summed E-state index contributed by atoms with van der Waals surface area (Å²) in [6, 6.07) is 22.9. The van der Waals surface area contributed by atoms with E-state index in [2.05, 4.69) is 52.2 Å². The van der Waals surface area contributed by atoms with Gasteiger partial charge in [-0.15, -0.1) is 0 Å². The molecule has 7 heteroatoms. The molecule has 0 atom stereocenters. The molecule has 0 saturated carbocycles. The van der Waals surface area contributed by atoms with Crippen molar-refractivity contribution in [2.24, 2.45) is 0 Å². The molecule has 4 rings (SSSR count). The maximum Gasteiger partial charge on any atom is 0.0998 e. The number of allylic oxidation sites excluding steroid dienone is 1. The number of nitriles is 1. The molecule has 0 aliphatic carbocycles. The zero-order valence-electron chi connectivity index (χ0n) is 18.1. The fourth-order valence-electron chi connectivity index (χ4n) is 3.58. The predicted octanol–water partition coefficient (Wildman–Crippen LogP) is 2.09. The Labute approximate surface area is 188 Å². The average molecular weight is 435 g/mol. The monoisotopic (exact) mass is 434 g/mol. The number of benzene rings is 2. The molecule has 0 unspecified atom stereocenters. The van der Waals surface area contributed by atoms with E-state index in [1.165, 1.54) is 5.69 Å². The van der Waals surface area contributed by atoms with E-state index >= 15 is 0 Å². The van der Waals surface area contributed by atoms with Crippen molar-refractivity contribution in [2.45, 2.75) is 0 Å². The van der Waals surface area contributed by atoms with Crippen molar-refractivity contribution >= 4 is 17.3 Å². The van der Waals surface area contributed by atoms with Crippen LogP contribution >= 0.6 is 0 Å². The molecule has 2 heterocycles. The normalized spacial score (nSPS) is 13.8. The maximum atomic E-state index is 9.67. The summed E-state index contributed by atoms with van der Waals surface area (Å²) in [6.07, 6.45) is 5.53. The molecule has 0 spiro atoms. The second-order valence-corrected chi connectivity index (χ2v) is 7.36. The van der Waals surface area contributed by atoms with Crippen LogP contribution in [0.15, 0.2) is 73.1 Å². The topological polar surface area (TPSA) is 138 Å². The molecule has 3 aromatic rings. The van der Waals surface area contributed by atoms with Crippen molar-refractivity contribution in [3.63, 3.8) is 0 Å². The number of aromatic nitrogens is 1. The maximum absolute atomic E-state index is 9.67. The van der Waals surface area contributed by atoms with Gasteiger partial charge in [-0.2, -0.15) is 5.26 Å². The summed E-state index contributed by atoms with van der Waals surface area (Å²) in [4.78, 5) is 8.83. The summed E-state index contributed by atoms with van der Waals surface area (Å²) in [6.45, 7) is 4.30. The van der Waals surface area contributed by atoms with Gasteiger partial charge in [-0.25, -0.2) is 0 Å². The Balaban J connectivity index is 0.00000171. The molecule has 0 bridgehead atoms. The molecule has 0 radical (unpaired) electrons. The predicted molar refractivity (Wildman–Crippen MR) is 130 cm³/mol. The molecular formula is C25H30N4O3. The van der Waals surface area contributed by atoms with Crippen molar-refractivity contribution in [1.29, 1.82) is 5.26 Å². The van der Waals surface area contributed by atoms with Crippen LogP contribution in [0.4, 0.5) is 5.69 Å². The van der Waals surface area contributed by atoms with Crippen LogP contribution in [-0.2, 0) is 0 Å². The fraction of sp³-hybridized carbons (Fsp3) is 0.200. The lowest BCUT2D eigenvalue weighted by atomic mass is 10.00. The first-order valence-electron chi connectivity index (χ1n) is 9.89. The van der Waals surface area contributed by atoms with Crippen LogP contribution in [0, 0.1) is 11.3 Å². The minimum absolute atomic E-state index is 0. The van der Waals surface area contributed by atoms with Gasteiger partial charge in [0.25, 0.3) is 0 Å². The van der Waals surface area contributed by atoms with Crippen LogP contribution in [0.1, 0.15) is 11.1 Å². The van der Waals surface area contributed by atoms with Gasteiger partial charge in [0.2, 0.25) is 0 Å². The molecule has 168 valence electrons. The molecule has 6 N–H and O–H groups in total. The van der Waals surface area contributed by atoms with Gasteiger partial charge < -0.3 is 26.2 Å². The third kappa shape index (κ3) is 6.23. The van der Waals surface area contributed by atoms with Crippen LogP contribution in [0.25, 0.3) is 22.8 Å². The quantitative estimate of drug-likeness (QED) is 0.458. The van der Waals surface area contributed by atoms with E-state index in [1.54, 1.807) is 12.4 Å². The second kappa shape index (κ2) is 12.3. The van der Waals surface area contributed by atoms with Gasteiger partial charge in [0, 0.05) is 44.3 Å².